The zero-order valence-electron chi connectivity index (χ0n) is 17.5. The molecule has 0 saturated heterocycles. The lowest BCUT2D eigenvalue weighted by Gasteiger charge is -2.14. The van der Waals surface area contributed by atoms with E-state index in [-0.39, 0.29) is 5.91 Å². The Balaban J connectivity index is 1.52. The highest BCUT2D eigenvalue weighted by Crippen LogP contribution is 2.33. The molecule has 0 atom stereocenters. The molecular formula is C24H17N7OS. The van der Waals surface area contributed by atoms with Gasteiger partial charge in [-0.2, -0.15) is 5.26 Å². The van der Waals surface area contributed by atoms with Crippen LogP contribution in [0.5, 0.6) is 0 Å². The number of aromatic nitrogens is 3. The maximum Gasteiger partial charge on any atom is 0.258 e. The van der Waals surface area contributed by atoms with Gasteiger partial charge in [-0.15, -0.1) is 11.3 Å². The average Bonchev–Trinajstić information content (AvgIpc) is 3.27. The van der Waals surface area contributed by atoms with Gasteiger partial charge < -0.3 is 16.4 Å². The normalized spacial score (nSPS) is 10.8. The number of pyridine rings is 1. The number of hydrogen-bond donors (Lipinski definition) is 3. The van der Waals surface area contributed by atoms with Crippen molar-refractivity contribution in [2.24, 2.45) is 0 Å². The highest BCUT2D eigenvalue weighted by atomic mass is 32.1. The molecule has 0 fully saturated rings. The van der Waals surface area contributed by atoms with E-state index in [2.05, 4.69) is 31.7 Å². The summed E-state index contributed by atoms with van der Waals surface area (Å²) < 4.78 is 0.690. The van der Waals surface area contributed by atoms with Gasteiger partial charge >= 0.3 is 0 Å². The molecule has 1 amide bonds. The maximum absolute atomic E-state index is 13.2. The van der Waals surface area contributed by atoms with Crippen molar-refractivity contribution < 1.29 is 4.79 Å². The van der Waals surface area contributed by atoms with E-state index in [0.717, 1.165) is 22.0 Å². The number of amides is 1. The molecule has 0 spiro atoms. The Labute approximate surface area is 192 Å². The molecule has 5 rings (SSSR count). The Bertz CT molecular complexity index is 1570. The third kappa shape index (κ3) is 3.69. The van der Waals surface area contributed by atoms with Gasteiger partial charge in [-0.25, -0.2) is 15.0 Å². The van der Waals surface area contributed by atoms with Crippen LogP contribution in [0.2, 0.25) is 0 Å². The molecule has 3 aromatic heterocycles. The van der Waals surface area contributed by atoms with Crippen LogP contribution in [-0.4, -0.2) is 20.9 Å². The fourth-order valence-electron chi connectivity index (χ4n) is 3.61. The maximum atomic E-state index is 13.2. The summed E-state index contributed by atoms with van der Waals surface area (Å²) in [4.78, 5) is 25.9. The number of nitrogens with two attached hydrogens (primary N) is 1. The number of anilines is 4. The predicted molar refractivity (Wildman–Crippen MR) is 131 cm³/mol. The number of benzene rings is 2. The second-order valence-corrected chi connectivity index (χ2v) is 8.25. The van der Waals surface area contributed by atoms with Crippen LogP contribution in [0.15, 0.2) is 60.4 Å². The number of nitrogens with one attached hydrogen (secondary N) is 2. The van der Waals surface area contributed by atoms with Gasteiger partial charge in [-0.3, -0.25) is 4.79 Å². The molecule has 0 bridgehead atoms. The molecular weight excluding hydrogens is 434 g/mol. The molecule has 3 heterocycles. The SMILES string of the molecule is Cc1ccc2c(Nc3ccc(C#N)cc3)nccc2c1NC(=O)c1csc2c(N)ncnc12. The molecule has 0 unspecified atom stereocenters. The van der Waals surface area contributed by atoms with E-state index in [0.29, 0.717) is 38.7 Å². The van der Waals surface area contributed by atoms with Gasteiger partial charge in [0.15, 0.2) is 0 Å². The van der Waals surface area contributed by atoms with Gasteiger partial charge in [-0.1, -0.05) is 12.1 Å². The summed E-state index contributed by atoms with van der Waals surface area (Å²) in [6.45, 7) is 1.94. The molecule has 0 saturated carbocycles. The Morgan fingerprint density at radius 3 is 2.67 bits per heavy atom. The van der Waals surface area contributed by atoms with E-state index < -0.39 is 0 Å². The van der Waals surface area contributed by atoms with Crippen LogP contribution in [-0.2, 0) is 0 Å². The third-order valence-corrected chi connectivity index (χ3v) is 6.29. The van der Waals surface area contributed by atoms with E-state index in [1.54, 1.807) is 23.7 Å². The Kier molecular flexibility index (Phi) is 5.05. The zero-order chi connectivity index (χ0) is 22.9. The summed E-state index contributed by atoms with van der Waals surface area (Å²) in [5.74, 6) is 0.734. The summed E-state index contributed by atoms with van der Waals surface area (Å²) in [6, 6.07) is 15.0. The first kappa shape index (κ1) is 20.4. The summed E-state index contributed by atoms with van der Waals surface area (Å²) in [6.07, 6.45) is 3.05. The minimum Gasteiger partial charge on any atom is -0.382 e. The van der Waals surface area contributed by atoms with Gasteiger partial charge in [0.1, 0.15) is 18.0 Å². The zero-order valence-corrected chi connectivity index (χ0v) is 18.3. The standard InChI is InChI=1S/C24H17N7OS/c1-13-2-7-17-16(8-9-27-23(17)30-15-5-3-14(10-25)4-6-15)19(13)31-24(32)18-11-33-21-20(18)28-12-29-22(21)26/h2-9,11-12H,1H3,(H,27,30)(H,31,32)(H2,26,28,29). The number of nitrogen functional groups attached to an aromatic ring is 1. The molecule has 9 heteroatoms. The van der Waals surface area contributed by atoms with Crippen LogP contribution in [0.4, 0.5) is 23.0 Å². The molecule has 0 aliphatic heterocycles. The molecule has 160 valence electrons. The lowest BCUT2D eigenvalue weighted by atomic mass is 10.0. The van der Waals surface area contributed by atoms with Gasteiger partial charge in [0.2, 0.25) is 0 Å². The monoisotopic (exact) mass is 451 g/mol. The van der Waals surface area contributed by atoms with E-state index >= 15 is 0 Å². The van der Waals surface area contributed by atoms with Crippen molar-refractivity contribution in [1.29, 1.82) is 5.26 Å². The van der Waals surface area contributed by atoms with Gasteiger partial charge in [0.05, 0.1) is 33.1 Å². The van der Waals surface area contributed by atoms with E-state index in [1.807, 2.05) is 37.3 Å². The largest absolute Gasteiger partial charge is 0.382 e. The fourth-order valence-corrected chi connectivity index (χ4v) is 4.51. The van der Waals surface area contributed by atoms with E-state index in [1.165, 1.54) is 17.7 Å². The lowest BCUT2D eigenvalue weighted by Crippen LogP contribution is -2.13. The molecule has 0 radical (unpaired) electrons. The lowest BCUT2D eigenvalue weighted by molar-refractivity contribution is 0.102. The number of carbonyl (C=O) groups excluding carboxylic acids is 1. The average molecular weight is 452 g/mol. The number of fused-ring (bicyclic) bond motifs is 2. The smallest absolute Gasteiger partial charge is 0.258 e. The number of carbonyl (C=O) groups is 1. The predicted octanol–water partition coefficient (Wildman–Crippen LogP) is 5.00. The first-order chi connectivity index (χ1) is 16.0. The number of thiophene rings is 1. The van der Waals surface area contributed by atoms with E-state index in [9.17, 15) is 4.79 Å². The Hall–Kier alpha value is -4.55. The van der Waals surface area contributed by atoms with E-state index in [4.69, 9.17) is 11.0 Å². The first-order valence-corrected chi connectivity index (χ1v) is 10.9. The third-order valence-electron chi connectivity index (χ3n) is 5.29. The molecule has 0 aliphatic rings. The topological polar surface area (TPSA) is 130 Å². The number of hydrogen-bond acceptors (Lipinski definition) is 8. The van der Waals surface area contributed by atoms with Crippen molar-refractivity contribution in [1.82, 2.24) is 15.0 Å². The molecule has 5 aromatic rings. The Morgan fingerprint density at radius 1 is 1.06 bits per heavy atom. The highest BCUT2D eigenvalue weighted by molar-refractivity contribution is 7.18. The van der Waals surface area contributed by atoms with Gasteiger partial charge in [0, 0.05) is 28.0 Å². The molecule has 33 heavy (non-hydrogen) atoms. The number of rotatable bonds is 4. The van der Waals surface area contributed by atoms with Gasteiger partial charge in [-0.05, 0) is 42.8 Å². The van der Waals surface area contributed by atoms with Crippen molar-refractivity contribution in [3.05, 3.63) is 77.1 Å². The van der Waals surface area contributed by atoms with Crippen LogP contribution in [0.3, 0.4) is 0 Å². The summed E-state index contributed by atoms with van der Waals surface area (Å²) >= 11 is 1.34. The van der Waals surface area contributed by atoms with Crippen LogP contribution in [0.1, 0.15) is 21.5 Å². The number of aryl methyl sites for hydroxylation is 1. The minimum atomic E-state index is -0.270. The van der Waals surface area contributed by atoms with Crippen LogP contribution in [0, 0.1) is 18.3 Å². The molecule has 0 aliphatic carbocycles. The van der Waals surface area contributed by atoms with Crippen molar-refractivity contribution >= 4 is 61.2 Å². The van der Waals surface area contributed by atoms with Crippen LogP contribution < -0.4 is 16.4 Å². The fraction of sp³-hybridized carbons (Fsp3) is 0.0417. The van der Waals surface area contributed by atoms with Crippen molar-refractivity contribution in [3.8, 4) is 6.07 Å². The quantitative estimate of drug-likeness (QED) is 0.351. The first-order valence-electron chi connectivity index (χ1n) is 9.99. The molecule has 4 N–H and O–H groups in total. The molecule has 8 nitrogen and oxygen atoms in total. The van der Waals surface area contributed by atoms with Crippen molar-refractivity contribution in [3.63, 3.8) is 0 Å². The van der Waals surface area contributed by atoms with Crippen LogP contribution >= 0.6 is 11.3 Å². The summed E-state index contributed by atoms with van der Waals surface area (Å²) in [5.41, 5.74) is 9.91. The second kappa shape index (κ2) is 8.18. The number of nitrogens with zero attached hydrogens (tertiary/aromatic N) is 4. The van der Waals surface area contributed by atoms with Crippen molar-refractivity contribution in [2.75, 3.05) is 16.4 Å². The molecule has 2 aromatic carbocycles. The minimum absolute atomic E-state index is 0.270. The van der Waals surface area contributed by atoms with Crippen molar-refractivity contribution in [2.45, 2.75) is 6.92 Å². The van der Waals surface area contributed by atoms with Gasteiger partial charge in [0.25, 0.3) is 5.91 Å². The number of nitriles is 1. The summed E-state index contributed by atoms with van der Waals surface area (Å²) in [7, 11) is 0. The van der Waals surface area contributed by atoms with Crippen LogP contribution in [0.25, 0.3) is 21.0 Å². The summed E-state index contributed by atoms with van der Waals surface area (Å²) in [5, 5.41) is 18.8. The second-order valence-electron chi connectivity index (χ2n) is 7.37. The highest BCUT2D eigenvalue weighted by Gasteiger charge is 2.18. The Morgan fingerprint density at radius 2 is 1.88 bits per heavy atom.